The van der Waals surface area contributed by atoms with Crippen molar-refractivity contribution < 1.29 is 24.2 Å². The highest BCUT2D eigenvalue weighted by Crippen LogP contribution is 2.30. The number of ether oxygens (including phenoxy) is 1. The van der Waals surface area contributed by atoms with E-state index in [4.69, 9.17) is 9.84 Å². The Morgan fingerprint density at radius 2 is 2.00 bits per heavy atom. The molecule has 7 nitrogen and oxygen atoms in total. The van der Waals surface area contributed by atoms with Gasteiger partial charge in [-0.15, -0.1) is 0 Å². The van der Waals surface area contributed by atoms with Crippen LogP contribution in [0.15, 0.2) is 24.3 Å². The van der Waals surface area contributed by atoms with E-state index in [1.807, 2.05) is 0 Å². The number of nitrogens with one attached hydrogen (secondary N) is 1. The molecule has 1 aromatic carbocycles. The van der Waals surface area contributed by atoms with Crippen molar-refractivity contribution in [3.05, 3.63) is 24.3 Å². The summed E-state index contributed by atoms with van der Waals surface area (Å²) in [5.41, 5.74) is 0.596. The molecule has 0 unspecified atom stereocenters. The van der Waals surface area contributed by atoms with Crippen molar-refractivity contribution in [3.8, 4) is 5.75 Å². The molecule has 112 valence electrons. The number of carbonyl (C=O) groups excluding carboxylic acids is 2. The number of hydrogen-bond acceptors (Lipinski definition) is 4. The first-order chi connectivity index (χ1) is 10.1. The highest BCUT2D eigenvalue weighted by atomic mass is 16.5. The van der Waals surface area contributed by atoms with Crippen LogP contribution < -0.4 is 15.0 Å². The minimum Gasteiger partial charge on any atom is -0.491 e. The third-order valence-corrected chi connectivity index (χ3v) is 3.00. The summed E-state index contributed by atoms with van der Waals surface area (Å²) < 4.78 is 5.53. The first-order valence-corrected chi connectivity index (χ1v) is 6.63. The third-order valence-electron chi connectivity index (χ3n) is 3.00. The lowest BCUT2D eigenvalue weighted by Gasteiger charge is -2.21. The molecular weight excluding hydrogens is 276 g/mol. The lowest BCUT2D eigenvalue weighted by atomic mass is 10.2. The fourth-order valence-electron chi connectivity index (χ4n) is 2.01. The normalized spacial score (nSPS) is 13.6. The second-order valence-corrected chi connectivity index (χ2v) is 4.57. The van der Waals surface area contributed by atoms with Gasteiger partial charge in [0.05, 0.1) is 18.7 Å². The zero-order valence-corrected chi connectivity index (χ0v) is 11.4. The Hall–Kier alpha value is -2.57. The van der Waals surface area contributed by atoms with Gasteiger partial charge in [0.1, 0.15) is 5.75 Å². The van der Waals surface area contributed by atoms with Gasteiger partial charge in [0.2, 0.25) is 5.91 Å². The number of amides is 3. The fraction of sp³-hybridized carbons (Fsp3) is 0.357. The van der Waals surface area contributed by atoms with Crippen LogP contribution in [-0.2, 0) is 9.59 Å². The number of anilines is 1. The minimum absolute atomic E-state index is 0.229. The van der Waals surface area contributed by atoms with E-state index < -0.39 is 17.9 Å². The molecule has 1 aliphatic heterocycles. The first kappa shape index (κ1) is 14.8. The number of nitrogens with zero attached hydrogens (tertiary/aromatic N) is 1. The Morgan fingerprint density at radius 3 is 2.76 bits per heavy atom. The molecule has 21 heavy (non-hydrogen) atoms. The number of carboxylic acid groups (broad SMARTS) is 1. The van der Waals surface area contributed by atoms with Crippen LogP contribution in [0.25, 0.3) is 0 Å². The van der Waals surface area contributed by atoms with Crippen molar-refractivity contribution in [1.29, 1.82) is 0 Å². The molecular formula is C14H16N2O5. The zero-order chi connectivity index (χ0) is 15.2. The highest BCUT2D eigenvalue weighted by Gasteiger charge is 2.23. The van der Waals surface area contributed by atoms with Crippen molar-refractivity contribution >= 4 is 23.6 Å². The number of carbonyl (C=O) groups is 3. The molecule has 0 atom stereocenters. The second kappa shape index (κ2) is 6.74. The van der Waals surface area contributed by atoms with Crippen LogP contribution >= 0.6 is 0 Å². The summed E-state index contributed by atoms with van der Waals surface area (Å²) >= 11 is 0. The van der Waals surface area contributed by atoms with Gasteiger partial charge < -0.3 is 9.84 Å². The van der Waals surface area contributed by atoms with Crippen molar-refractivity contribution in [2.45, 2.75) is 19.3 Å². The number of hydrogen-bond donors (Lipinski definition) is 2. The molecule has 0 saturated heterocycles. The lowest BCUT2D eigenvalue weighted by molar-refractivity contribution is -0.138. The monoisotopic (exact) mass is 292 g/mol. The van der Waals surface area contributed by atoms with Gasteiger partial charge in [0, 0.05) is 13.0 Å². The van der Waals surface area contributed by atoms with E-state index in [0.717, 1.165) is 0 Å². The van der Waals surface area contributed by atoms with Gasteiger partial charge in [-0.25, -0.2) is 4.79 Å². The number of rotatable bonds is 3. The molecule has 0 fully saturated rings. The third kappa shape index (κ3) is 3.95. The molecule has 2 N–H and O–H groups in total. The molecule has 0 saturated carbocycles. The smallest absolute Gasteiger partial charge is 0.328 e. The Kier molecular flexibility index (Phi) is 4.76. The summed E-state index contributed by atoms with van der Waals surface area (Å²) in [6.45, 7) is 0.919. The predicted octanol–water partition coefficient (Wildman–Crippen LogP) is 1.38. The Labute approximate surface area is 121 Å². The van der Waals surface area contributed by atoms with Gasteiger partial charge in [-0.2, -0.15) is 0 Å². The van der Waals surface area contributed by atoms with Crippen molar-refractivity contribution in [3.63, 3.8) is 0 Å². The van der Waals surface area contributed by atoms with Crippen LogP contribution in [0.4, 0.5) is 10.5 Å². The number of fused-ring (bicyclic) bond motifs is 1. The van der Waals surface area contributed by atoms with Gasteiger partial charge in [-0.3, -0.25) is 19.8 Å². The van der Waals surface area contributed by atoms with Gasteiger partial charge >= 0.3 is 12.0 Å². The van der Waals surface area contributed by atoms with E-state index in [-0.39, 0.29) is 12.8 Å². The van der Waals surface area contributed by atoms with Crippen molar-refractivity contribution in [2.75, 3.05) is 18.1 Å². The summed E-state index contributed by atoms with van der Waals surface area (Å²) in [7, 11) is 0. The molecule has 3 amide bonds. The summed E-state index contributed by atoms with van der Waals surface area (Å²) in [6, 6.07) is 6.51. The van der Waals surface area contributed by atoms with Crippen LogP contribution in [0.5, 0.6) is 5.75 Å². The van der Waals surface area contributed by atoms with Gasteiger partial charge in [-0.05, 0) is 18.6 Å². The highest BCUT2D eigenvalue weighted by molar-refractivity contribution is 6.03. The van der Waals surface area contributed by atoms with Crippen LogP contribution in [0, 0.1) is 0 Å². The summed E-state index contributed by atoms with van der Waals surface area (Å²) in [5, 5.41) is 10.7. The van der Waals surface area contributed by atoms with Gasteiger partial charge in [0.25, 0.3) is 0 Å². The van der Waals surface area contributed by atoms with Crippen LogP contribution in [0.2, 0.25) is 0 Å². The maximum atomic E-state index is 12.2. The molecule has 1 aliphatic rings. The van der Waals surface area contributed by atoms with E-state index in [9.17, 15) is 14.4 Å². The minimum atomic E-state index is -1.08. The molecule has 1 aromatic rings. The van der Waals surface area contributed by atoms with Crippen LogP contribution in [0.3, 0.4) is 0 Å². The van der Waals surface area contributed by atoms with E-state index in [1.54, 1.807) is 24.3 Å². The molecule has 0 radical (unpaired) electrons. The average Bonchev–Trinajstić information content (AvgIpc) is 2.67. The van der Waals surface area contributed by atoms with Crippen molar-refractivity contribution in [2.24, 2.45) is 0 Å². The number of aliphatic carboxylic acids is 1. The molecule has 0 spiro atoms. The van der Waals surface area contributed by atoms with E-state index in [2.05, 4.69) is 5.32 Å². The predicted molar refractivity (Wildman–Crippen MR) is 74.3 cm³/mol. The van der Waals surface area contributed by atoms with Gasteiger partial charge in [0.15, 0.2) is 0 Å². The number of para-hydroxylation sites is 2. The van der Waals surface area contributed by atoms with Gasteiger partial charge in [-0.1, -0.05) is 12.1 Å². The maximum absolute atomic E-state index is 12.2. The maximum Gasteiger partial charge on any atom is 0.328 e. The number of carboxylic acids is 1. The Morgan fingerprint density at radius 1 is 1.24 bits per heavy atom. The molecule has 0 aliphatic carbocycles. The standard InChI is InChI=1S/C14H16N2O5/c17-12(6-7-13(18)19)15-14(20)16-8-3-9-21-11-5-2-1-4-10(11)16/h1-2,4-5H,3,6-9H2,(H,18,19)(H,15,17,20). The quantitative estimate of drug-likeness (QED) is 0.877. The summed E-state index contributed by atoms with van der Waals surface area (Å²) in [4.78, 5) is 35.5. The molecule has 1 heterocycles. The number of imide groups is 1. The number of benzene rings is 1. The Balaban J connectivity index is 2.05. The number of urea groups is 1. The van der Waals surface area contributed by atoms with Crippen LogP contribution in [0.1, 0.15) is 19.3 Å². The fourth-order valence-corrected chi connectivity index (χ4v) is 2.01. The molecule has 0 bridgehead atoms. The van der Waals surface area contributed by atoms with Crippen LogP contribution in [-0.4, -0.2) is 36.2 Å². The molecule has 2 rings (SSSR count). The lowest BCUT2D eigenvalue weighted by Crippen LogP contribution is -2.43. The SMILES string of the molecule is O=C(O)CCC(=O)NC(=O)N1CCCOc2ccccc21. The summed E-state index contributed by atoms with van der Waals surface area (Å²) in [5.74, 6) is -1.10. The summed E-state index contributed by atoms with van der Waals surface area (Å²) in [6.07, 6.45) is 0.108. The van der Waals surface area contributed by atoms with E-state index in [0.29, 0.717) is 31.0 Å². The van der Waals surface area contributed by atoms with Crippen molar-refractivity contribution in [1.82, 2.24) is 5.32 Å². The van der Waals surface area contributed by atoms with E-state index in [1.165, 1.54) is 4.90 Å². The zero-order valence-electron chi connectivity index (χ0n) is 11.4. The first-order valence-electron chi connectivity index (χ1n) is 6.63. The molecule has 7 heteroatoms. The molecule has 0 aromatic heterocycles. The topological polar surface area (TPSA) is 95.9 Å². The average molecular weight is 292 g/mol. The van der Waals surface area contributed by atoms with E-state index >= 15 is 0 Å². The second-order valence-electron chi connectivity index (χ2n) is 4.57. The Bertz CT molecular complexity index is 558. The largest absolute Gasteiger partial charge is 0.491 e.